The van der Waals surface area contributed by atoms with Crippen LogP contribution < -0.4 is 5.32 Å². The van der Waals surface area contributed by atoms with Crippen LogP contribution in [0.25, 0.3) is 10.9 Å². The van der Waals surface area contributed by atoms with Gasteiger partial charge < -0.3 is 10.1 Å². The summed E-state index contributed by atoms with van der Waals surface area (Å²) in [4.78, 5) is 15.9. The zero-order valence-electron chi connectivity index (χ0n) is 12.1. The Morgan fingerprint density at radius 1 is 1.30 bits per heavy atom. The molecule has 2 rings (SSSR count). The molecule has 0 amide bonds. The Hall–Kier alpha value is -1.94. The van der Waals surface area contributed by atoms with E-state index in [1.54, 1.807) is 6.20 Å². The van der Waals surface area contributed by atoms with Gasteiger partial charge in [-0.15, -0.1) is 0 Å². The molecule has 0 bridgehead atoms. The van der Waals surface area contributed by atoms with Crippen molar-refractivity contribution in [3.8, 4) is 0 Å². The van der Waals surface area contributed by atoms with Gasteiger partial charge in [-0.05, 0) is 18.6 Å². The fourth-order valence-electron chi connectivity index (χ4n) is 2.15. The van der Waals surface area contributed by atoms with Crippen LogP contribution >= 0.6 is 0 Å². The quantitative estimate of drug-likeness (QED) is 0.850. The summed E-state index contributed by atoms with van der Waals surface area (Å²) in [5, 5.41) is 4.49. The van der Waals surface area contributed by atoms with Crippen molar-refractivity contribution in [3.05, 3.63) is 42.1 Å². The van der Waals surface area contributed by atoms with Gasteiger partial charge in [-0.1, -0.05) is 31.2 Å². The minimum absolute atomic E-state index is 0.0430. The topological polar surface area (TPSA) is 51.2 Å². The second kappa shape index (κ2) is 6.48. The summed E-state index contributed by atoms with van der Waals surface area (Å²) in [7, 11) is 1.42. The van der Waals surface area contributed by atoms with Crippen LogP contribution in [0, 0.1) is 5.92 Å². The molecule has 1 N–H and O–H groups in total. The highest BCUT2D eigenvalue weighted by Crippen LogP contribution is 2.16. The monoisotopic (exact) mass is 272 g/mol. The van der Waals surface area contributed by atoms with Crippen LogP contribution in [0.3, 0.4) is 0 Å². The number of para-hydroxylation sites is 1. The van der Waals surface area contributed by atoms with Gasteiger partial charge in [-0.25, -0.2) is 0 Å². The van der Waals surface area contributed by atoms with Gasteiger partial charge in [0.2, 0.25) is 0 Å². The second-order valence-electron chi connectivity index (χ2n) is 4.97. The van der Waals surface area contributed by atoms with Gasteiger partial charge >= 0.3 is 5.97 Å². The summed E-state index contributed by atoms with van der Waals surface area (Å²) in [5.74, 6) is -0.371. The lowest BCUT2D eigenvalue weighted by atomic mass is 10.0. The summed E-state index contributed by atoms with van der Waals surface area (Å²) in [6.07, 6.45) is 1.80. The number of esters is 1. The fraction of sp³-hybridized carbons (Fsp3) is 0.375. The van der Waals surface area contributed by atoms with Crippen molar-refractivity contribution in [1.29, 1.82) is 0 Å². The van der Waals surface area contributed by atoms with Crippen LogP contribution in [0.15, 0.2) is 36.5 Å². The summed E-state index contributed by atoms with van der Waals surface area (Å²) in [5.41, 5.74) is 2.13. The molecular formula is C16H20N2O2. The molecule has 2 atom stereocenters. The van der Waals surface area contributed by atoms with E-state index in [1.165, 1.54) is 7.11 Å². The van der Waals surface area contributed by atoms with E-state index in [0.29, 0.717) is 6.54 Å². The number of hydrogen-bond acceptors (Lipinski definition) is 4. The first-order valence-electron chi connectivity index (χ1n) is 6.77. The van der Waals surface area contributed by atoms with Crippen molar-refractivity contribution in [2.24, 2.45) is 5.92 Å². The third-order valence-corrected chi connectivity index (χ3v) is 3.65. The maximum Gasteiger partial charge on any atom is 0.309 e. The Labute approximate surface area is 119 Å². The predicted octanol–water partition coefficient (Wildman–Crippen LogP) is 2.52. The number of pyridine rings is 1. The minimum atomic E-state index is -0.193. The standard InChI is InChI=1S/C16H20N2O2/c1-11(16(19)20-3)12(2)18-10-14-7-4-6-13-8-5-9-17-15(13)14/h4-9,11-12,18H,10H2,1-3H3. The van der Waals surface area contributed by atoms with E-state index in [-0.39, 0.29) is 17.9 Å². The molecule has 106 valence electrons. The van der Waals surface area contributed by atoms with Gasteiger partial charge in [-0.3, -0.25) is 9.78 Å². The molecule has 0 aliphatic rings. The number of carbonyl (C=O) groups excluding carboxylic acids is 1. The largest absolute Gasteiger partial charge is 0.469 e. The van der Waals surface area contributed by atoms with Gasteiger partial charge in [0.05, 0.1) is 18.5 Å². The lowest BCUT2D eigenvalue weighted by molar-refractivity contribution is -0.145. The Morgan fingerprint density at radius 3 is 2.80 bits per heavy atom. The maximum absolute atomic E-state index is 11.5. The predicted molar refractivity (Wildman–Crippen MR) is 79.2 cm³/mol. The molecule has 1 aromatic carbocycles. The van der Waals surface area contributed by atoms with Gasteiger partial charge in [-0.2, -0.15) is 0 Å². The zero-order valence-corrected chi connectivity index (χ0v) is 12.1. The average Bonchev–Trinajstić information content (AvgIpc) is 2.50. The number of methoxy groups -OCH3 is 1. The first-order chi connectivity index (χ1) is 9.63. The van der Waals surface area contributed by atoms with Crippen molar-refractivity contribution in [2.45, 2.75) is 26.4 Å². The van der Waals surface area contributed by atoms with E-state index in [0.717, 1.165) is 16.5 Å². The van der Waals surface area contributed by atoms with Crippen molar-refractivity contribution < 1.29 is 9.53 Å². The van der Waals surface area contributed by atoms with Gasteiger partial charge in [0.1, 0.15) is 0 Å². The van der Waals surface area contributed by atoms with Crippen LogP contribution in [0.4, 0.5) is 0 Å². The minimum Gasteiger partial charge on any atom is -0.469 e. The van der Waals surface area contributed by atoms with Crippen LogP contribution in [-0.4, -0.2) is 24.1 Å². The van der Waals surface area contributed by atoms with Crippen LogP contribution in [0.5, 0.6) is 0 Å². The molecule has 0 saturated heterocycles. The number of nitrogens with zero attached hydrogens (tertiary/aromatic N) is 1. The number of nitrogens with one attached hydrogen (secondary N) is 1. The summed E-state index contributed by atoms with van der Waals surface area (Å²) in [6.45, 7) is 4.53. The van der Waals surface area contributed by atoms with E-state index in [2.05, 4.69) is 16.4 Å². The highest BCUT2D eigenvalue weighted by Gasteiger charge is 2.20. The van der Waals surface area contributed by atoms with E-state index in [9.17, 15) is 4.79 Å². The van der Waals surface area contributed by atoms with Crippen LogP contribution in [-0.2, 0) is 16.1 Å². The number of ether oxygens (including phenoxy) is 1. The van der Waals surface area contributed by atoms with Gasteiger partial charge in [0.25, 0.3) is 0 Å². The van der Waals surface area contributed by atoms with Crippen molar-refractivity contribution in [2.75, 3.05) is 7.11 Å². The zero-order chi connectivity index (χ0) is 14.5. The molecule has 1 aromatic heterocycles. The normalized spacial score (nSPS) is 13.9. The van der Waals surface area contributed by atoms with Crippen LogP contribution in [0.2, 0.25) is 0 Å². The molecular weight excluding hydrogens is 252 g/mol. The Kier molecular flexibility index (Phi) is 4.69. The second-order valence-corrected chi connectivity index (χ2v) is 4.97. The Morgan fingerprint density at radius 2 is 2.05 bits per heavy atom. The molecule has 4 nitrogen and oxygen atoms in total. The molecule has 1 heterocycles. The SMILES string of the molecule is COC(=O)C(C)C(C)NCc1cccc2cccnc12. The van der Waals surface area contributed by atoms with Gasteiger partial charge in [0, 0.05) is 24.2 Å². The maximum atomic E-state index is 11.5. The number of aromatic nitrogens is 1. The Bertz CT molecular complexity index is 593. The molecule has 0 saturated carbocycles. The van der Waals surface area contributed by atoms with E-state index in [1.807, 2.05) is 38.1 Å². The molecule has 0 fully saturated rings. The Balaban J connectivity index is 2.08. The first-order valence-corrected chi connectivity index (χ1v) is 6.77. The number of carbonyl (C=O) groups is 1. The summed E-state index contributed by atoms with van der Waals surface area (Å²) in [6, 6.07) is 10.1. The number of benzene rings is 1. The van der Waals surface area contributed by atoms with E-state index < -0.39 is 0 Å². The molecule has 20 heavy (non-hydrogen) atoms. The summed E-state index contributed by atoms with van der Waals surface area (Å²) < 4.78 is 4.76. The molecule has 0 aliphatic carbocycles. The highest BCUT2D eigenvalue weighted by molar-refractivity contribution is 5.81. The van der Waals surface area contributed by atoms with E-state index >= 15 is 0 Å². The fourth-order valence-corrected chi connectivity index (χ4v) is 2.15. The molecule has 0 spiro atoms. The first kappa shape index (κ1) is 14.5. The molecule has 0 aliphatic heterocycles. The lowest BCUT2D eigenvalue weighted by Gasteiger charge is -2.19. The number of rotatable bonds is 5. The van der Waals surface area contributed by atoms with Crippen molar-refractivity contribution in [1.82, 2.24) is 10.3 Å². The molecule has 2 unspecified atom stereocenters. The van der Waals surface area contributed by atoms with E-state index in [4.69, 9.17) is 4.74 Å². The molecule has 2 aromatic rings. The average molecular weight is 272 g/mol. The van der Waals surface area contributed by atoms with Crippen molar-refractivity contribution in [3.63, 3.8) is 0 Å². The van der Waals surface area contributed by atoms with Crippen molar-refractivity contribution >= 4 is 16.9 Å². The van der Waals surface area contributed by atoms with Crippen LogP contribution in [0.1, 0.15) is 19.4 Å². The van der Waals surface area contributed by atoms with Gasteiger partial charge in [0.15, 0.2) is 0 Å². The number of fused-ring (bicyclic) bond motifs is 1. The highest BCUT2D eigenvalue weighted by atomic mass is 16.5. The third kappa shape index (κ3) is 3.14. The molecule has 0 radical (unpaired) electrons. The molecule has 4 heteroatoms. The third-order valence-electron chi connectivity index (χ3n) is 3.65. The number of hydrogen-bond donors (Lipinski definition) is 1. The summed E-state index contributed by atoms with van der Waals surface area (Å²) >= 11 is 0. The lowest BCUT2D eigenvalue weighted by Crippen LogP contribution is -2.36. The smallest absolute Gasteiger partial charge is 0.309 e.